The van der Waals surface area contributed by atoms with E-state index in [0.717, 1.165) is 23.4 Å². The summed E-state index contributed by atoms with van der Waals surface area (Å²) in [4.78, 5) is 16.1. The molecule has 3 heteroatoms. The molecule has 3 nitrogen and oxygen atoms in total. The van der Waals surface area contributed by atoms with Crippen molar-refractivity contribution in [1.82, 2.24) is 4.98 Å². The fourth-order valence-corrected chi connectivity index (χ4v) is 1.96. The fraction of sp³-hybridized carbons (Fsp3) is 0.500. The Balaban J connectivity index is 2.29. The highest BCUT2D eigenvalue weighted by Crippen LogP contribution is 2.20. The van der Waals surface area contributed by atoms with Crippen LogP contribution in [0.4, 0.5) is 0 Å². The molecular weight excluding hydrogens is 188 g/mol. The van der Waals surface area contributed by atoms with Crippen LogP contribution in [0.1, 0.15) is 35.6 Å². The van der Waals surface area contributed by atoms with E-state index in [1.165, 1.54) is 0 Å². The largest absolute Gasteiger partial charge is 0.321 e. The highest BCUT2D eigenvalue weighted by atomic mass is 16.1. The second-order valence-electron chi connectivity index (χ2n) is 4.57. The SMILES string of the molecule is CC(C)Cc1ccc2c(n1)CC(N)C2=O. The molecule has 1 atom stereocenters. The van der Waals surface area contributed by atoms with Crippen LogP contribution >= 0.6 is 0 Å². The van der Waals surface area contributed by atoms with Gasteiger partial charge < -0.3 is 5.73 Å². The Labute approximate surface area is 89.7 Å². The summed E-state index contributed by atoms with van der Waals surface area (Å²) in [5, 5.41) is 0. The summed E-state index contributed by atoms with van der Waals surface area (Å²) in [6, 6.07) is 3.44. The van der Waals surface area contributed by atoms with Crippen molar-refractivity contribution >= 4 is 5.78 Å². The van der Waals surface area contributed by atoms with Crippen LogP contribution in [0.25, 0.3) is 0 Å². The normalized spacial score (nSPS) is 19.7. The van der Waals surface area contributed by atoms with Gasteiger partial charge in [-0.05, 0) is 24.5 Å². The van der Waals surface area contributed by atoms with Crippen molar-refractivity contribution in [3.05, 3.63) is 29.1 Å². The van der Waals surface area contributed by atoms with Crippen molar-refractivity contribution in [2.45, 2.75) is 32.7 Å². The molecule has 1 aromatic heterocycles. The first kappa shape index (κ1) is 10.3. The van der Waals surface area contributed by atoms with Crippen molar-refractivity contribution < 1.29 is 4.79 Å². The van der Waals surface area contributed by atoms with E-state index >= 15 is 0 Å². The molecule has 1 aliphatic rings. The zero-order valence-corrected chi connectivity index (χ0v) is 9.16. The molecule has 0 bridgehead atoms. The van der Waals surface area contributed by atoms with Gasteiger partial charge in [-0.15, -0.1) is 0 Å². The molecule has 0 fully saturated rings. The summed E-state index contributed by atoms with van der Waals surface area (Å²) in [5.74, 6) is 0.620. The van der Waals surface area contributed by atoms with Crippen molar-refractivity contribution in [1.29, 1.82) is 0 Å². The lowest BCUT2D eigenvalue weighted by Crippen LogP contribution is -2.26. The maximum Gasteiger partial charge on any atom is 0.181 e. The minimum atomic E-state index is -0.373. The Bertz CT molecular complexity index is 399. The smallest absolute Gasteiger partial charge is 0.181 e. The third kappa shape index (κ3) is 1.92. The predicted molar refractivity (Wildman–Crippen MR) is 58.8 cm³/mol. The van der Waals surface area contributed by atoms with Crippen molar-refractivity contribution in [3.8, 4) is 0 Å². The molecule has 1 aromatic rings. The number of nitrogens with two attached hydrogens (primary N) is 1. The molecule has 0 aliphatic heterocycles. The van der Waals surface area contributed by atoms with Crippen LogP contribution in [0.5, 0.6) is 0 Å². The van der Waals surface area contributed by atoms with Crippen molar-refractivity contribution in [2.24, 2.45) is 11.7 Å². The molecule has 0 aromatic carbocycles. The van der Waals surface area contributed by atoms with E-state index in [4.69, 9.17) is 5.73 Å². The summed E-state index contributed by atoms with van der Waals surface area (Å²) in [7, 11) is 0. The Hall–Kier alpha value is -1.22. The first-order chi connectivity index (χ1) is 7.08. The summed E-state index contributed by atoms with van der Waals surface area (Å²) in [5.41, 5.74) is 8.35. The van der Waals surface area contributed by atoms with E-state index in [1.807, 2.05) is 12.1 Å². The van der Waals surface area contributed by atoms with Gasteiger partial charge in [-0.1, -0.05) is 13.8 Å². The van der Waals surface area contributed by atoms with Gasteiger partial charge in [-0.3, -0.25) is 9.78 Å². The van der Waals surface area contributed by atoms with Crippen LogP contribution in [0.3, 0.4) is 0 Å². The average molecular weight is 204 g/mol. The van der Waals surface area contributed by atoms with Crippen LogP contribution < -0.4 is 5.73 Å². The van der Waals surface area contributed by atoms with Crippen molar-refractivity contribution in [3.63, 3.8) is 0 Å². The first-order valence-electron chi connectivity index (χ1n) is 5.36. The topological polar surface area (TPSA) is 56.0 Å². The monoisotopic (exact) mass is 204 g/mol. The van der Waals surface area contributed by atoms with Gasteiger partial charge in [0.2, 0.25) is 0 Å². The zero-order valence-electron chi connectivity index (χ0n) is 9.16. The highest BCUT2D eigenvalue weighted by Gasteiger charge is 2.28. The lowest BCUT2D eigenvalue weighted by molar-refractivity contribution is 0.0974. The first-order valence-corrected chi connectivity index (χ1v) is 5.36. The summed E-state index contributed by atoms with van der Waals surface area (Å²) < 4.78 is 0. The van der Waals surface area contributed by atoms with Gasteiger partial charge in [-0.2, -0.15) is 0 Å². The van der Waals surface area contributed by atoms with Gasteiger partial charge in [0.15, 0.2) is 5.78 Å². The Morgan fingerprint density at radius 2 is 2.27 bits per heavy atom. The number of hydrogen-bond acceptors (Lipinski definition) is 3. The number of aromatic nitrogens is 1. The summed E-state index contributed by atoms with van der Waals surface area (Å²) >= 11 is 0. The van der Waals surface area contributed by atoms with Crippen LogP contribution in [-0.4, -0.2) is 16.8 Å². The Kier molecular flexibility index (Phi) is 2.57. The molecule has 0 radical (unpaired) electrons. The number of pyridine rings is 1. The zero-order chi connectivity index (χ0) is 11.0. The molecule has 80 valence electrons. The maximum absolute atomic E-state index is 11.6. The predicted octanol–water partition coefficient (Wildman–Crippen LogP) is 1.35. The molecule has 1 heterocycles. The van der Waals surface area contributed by atoms with E-state index < -0.39 is 0 Å². The van der Waals surface area contributed by atoms with E-state index in [0.29, 0.717) is 12.3 Å². The maximum atomic E-state index is 11.6. The molecule has 0 amide bonds. The third-order valence-corrected chi connectivity index (χ3v) is 2.66. The summed E-state index contributed by atoms with van der Waals surface area (Å²) in [6.45, 7) is 4.32. The standard InChI is InChI=1S/C12H16N2O/c1-7(2)5-8-3-4-9-11(14-8)6-10(13)12(9)15/h3-4,7,10H,5-6,13H2,1-2H3. The molecule has 0 spiro atoms. The van der Waals surface area contributed by atoms with Gasteiger partial charge in [0, 0.05) is 17.7 Å². The van der Waals surface area contributed by atoms with Crippen molar-refractivity contribution in [2.75, 3.05) is 0 Å². The number of hydrogen-bond donors (Lipinski definition) is 1. The fourth-order valence-electron chi connectivity index (χ4n) is 1.96. The van der Waals surface area contributed by atoms with E-state index in [1.54, 1.807) is 0 Å². The minimum Gasteiger partial charge on any atom is -0.321 e. The molecule has 1 aliphatic carbocycles. The van der Waals surface area contributed by atoms with Crippen LogP contribution in [0.2, 0.25) is 0 Å². The second-order valence-corrected chi connectivity index (χ2v) is 4.57. The van der Waals surface area contributed by atoms with Crippen LogP contribution in [0, 0.1) is 5.92 Å². The van der Waals surface area contributed by atoms with Gasteiger partial charge in [-0.25, -0.2) is 0 Å². The lowest BCUT2D eigenvalue weighted by Gasteiger charge is -2.05. The Morgan fingerprint density at radius 3 is 2.93 bits per heavy atom. The quantitative estimate of drug-likeness (QED) is 0.791. The van der Waals surface area contributed by atoms with Gasteiger partial charge >= 0.3 is 0 Å². The number of ketones is 1. The number of fused-ring (bicyclic) bond motifs is 1. The molecule has 15 heavy (non-hydrogen) atoms. The number of Topliss-reactive ketones (excluding diaryl/α,β-unsaturated/α-hetero) is 1. The van der Waals surface area contributed by atoms with Gasteiger partial charge in [0.25, 0.3) is 0 Å². The molecule has 0 saturated carbocycles. The molecule has 0 saturated heterocycles. The van der Waals surface area contributed by atoms with Crippen LogP contribution in [-0.2, 0) is 12.8 Å². The number of nitrogens with zero attached hydrogens (tertiary/aromatic N) is 1. The second kappa shape index (κ2) is 3.74. The lowest BCUT2D eigenvalue weighted by atomic mass is 10.1. The number of carbonyl (C=O) groups excluding carboxylic acids is 1. The molecule has 1 unspecified atom stereocenters. The average Bonchev–Trinajstić information content (AvgIpc) is 2.41. The highest BCUT2D eigenvalue weighted by molar-refractivity contribution is 6.03. The minimum absolute atomic E-state index is 0.0357. The van der Waals surface area contributed by atoms with Gasteiger partial charge in [0.1, 0.15) is 0 Å². The van der Waals surface area contributed by atoms with E-state index in [-0.39, 0.29) is 11.8 Å². The van der Waals surface area contributed by atoms with E-state index in [9.17, 15) is 4.79 Å². The summed E-state index contributed by atoms with van der Waals surface area (Å²) in [6.07, 6.45) is 1.55. The molecule has 2 N–H and O–H groups in total. The van der Waals surface area contributed by atoms with E-state index in [2.05, 4.69) is 18.8 Å². The molecule has 2 rings (SSSR count). The number of carbonyl (C=O) groups is 1. The third-order valence-electron chi connectivity index (χ3n) is 2.66. The van der Waals surface area contributed by atoms with Crippen LogP contribution in [0.15, 0.2) is 12.1 Å². The molecular formula is C12H16N2O. The van der Waals surface area contributed by atoms with Gasteiger partial charge in [0.05, 0.1) is 11.7 Å². The number of rotatable bonds is 2. The Morgan fingerprint density at radius 1 is 1.53 bits per heavy atom.